The number of benzene rings is 2. The quantitative estimate of drug-likeness (QED) is 0.290. The summed E-state index contributed by atoms with van der Waals surface area (Å²) in [7, 11) is 2.12. The summed E-state index contributed by atoms with van der Waals surface area (Å²) >= 11 is 0. The Morgan fingerprint density at radius 3 is 1.52 bits per heavy atom. The summed E-state index contributed by atoms with van der Waals surface area (Å²) in [5.74, 6) is 0. The van der Waals surface area contributed by atoms with Crippen LogP contribution in [0.5, 0.6) is 0 Å². The standard InChI is InChI=1S/C11H13N.C10H11N.4C2H6/c1-8-9(2)12(3)11-7-5-4-6-10(8)11;1-7-8(2)11-10-6-4-3-5-9(7)10;4*1-2/h4-7H,1-3H3;3-6,11H,1-2H3;4*1-2H3. The summed E-state index contributed by atoms with van der Waals surface area (Å²) in [4.78, 5) is 3.33. The van der Waals surface area contributed by atoms with Crippen LogP contribution >= 0.6 is 0 Å². The molecule has 0 fully saturated rings. The van der Waals surface area contributed by atoms with E-state index < -0.39 is 0 Å². The van der Waals surface area contributed by atoms with Crippen LogP contribution in [0.1, 0.15) is 77.9 Å². The molecule has 0 radical (unpaired) electrons. The highest BCUT2D eigenvalue weighted by Gasteiger charge is 2.05. The predicted octanol–water partition coefficient (Wildman–Crippen LogP) is 9.68. The van der Waals surface area contributed by atoms with Crippen molar-refractivity contribution >= 4 is 21.8 Å². The molecule has 0 bridgehead atoms. The number of aromatic amines is 1. The van der Waals surface area contributed by atoms with Gasteiger partial charge < -0.3 is 9.55 Å². The van der Waals surface area contributed by atoms with Crippen LogP contribution in [0.2, 0.25) is 0 Å². The lowest BCUT2D eigenvalue weighted by Gasteiger charge is -1.96. The third kappa shape index (κ3) is 7.94. The maximum atomic E-state index is 3.33. The third-order valence-electron chi connectivity index (χ3n) is 4.93. The van der Waals surface area contributed by atoms with Crippen LogP contribution in [0, 0.1) is 27.7 Å². The average Bonchev–Trinajstić information content (AvgIpc) is 3.27. The number of para-hydroxylation sites is 2. The lowest BCUT2D eigenvalue weighted by Crippen LogP contribution is -1.89. The first-order valence-corrected chi connectivity index (χ1v) is 12.0. The van der Waals surface area contributed by atoms with Crippen molar-refractivity contribution < 1.29 is 0 Å². The van der Waals surface area contributed by atoms with E-state index in [4.69, 9.17) is 0 Å². The number of hydrogen-bond donors (Lipinski definition) is 1. The van der Waals surface area contributed by atoms with Gasteiger partial charge in [-0.25, -0.2) is 0 Å². The van der Waals surface area contributed by atoms with Crippen molar-refractivity contribution in [2.75, 3.05) is 0 Å². The molecule has 0 spiro atoms. The topological polar surface area (TPSA) is 20.7 Å². The minimum Gasteiger partial charge on any atom is -0.358 e. The van der Waals surface area contributed by atoms with E-state index in [1.807, 2.05) is 55.4 Å². The molecule has 2 heteroatoms. The predicted molar refractivity (Wildman–Crippen MR) is 146 cm³/mol. The van der Waals surface area contributed by atoms with Gasteiger partial charge in [0, 0.05) is 40.2 Å². The Morgan fingerprint density at radius 2 is 1.03 bits per heavy atom. The Morgan fingerprint density at radius 1 is 0.581 bits per heavy atom. The van der Waals surface area contributed by atoms with Gasteiger partial charge in [-0.3, -0.25) is 0 Å². The molecular formula is C29H48N2. The van der Waals surface area contributed by atoms with Crippen molar-refractivity contribution in [1.82, 2.24) is 9.55 Å². The van der Waals surface area contributed by atoms with Crippen LogP contribution in [-0.4, -0.2) is 9.55 Å². The second-order valence-electron chi connectivity index (χ2n) is 6.21. The zero-order valence-electron chi connectivity index (χ0n) is 22.6. The van der Waals surface area contributed by atoms with Gasteiger partial charge >= 0.3 is 0 Å². The van der Waals surface area contributed by atoms with E-state index in [-0.39, 0.29) is 0 Å². The van der Waals surface area contributed by atoms with E-state index in [1.165, 1.54) is 44.3 Å². The molecule has 0 aliphatic rings. The number of aryl methyl sites for hydroxylation is 4. The van der Waals surface area contributed by atoms with Gasteiger partial charge in [0.15, 0.2) is 0 Å². The molecule has 174 valence electrons. The van der Waals surface area contributed by atoms with Gasteiger partial charge in [0.25, 0.3) is 0 Å². The molecular weight excluding hydrogens is 376 g/mol. The first-order valence-electron chi connectivity index (χ1n) is 12.0. The van der Waals surface area contributed by atoms with Crippen molar-refractivity contribution in [3.8, 4) is 0 Å². The number of H-pyrrole nitrogens is 1. The molecule has 2 aromatic heterocycles. The fourth-order valence-corrected chi connectivity index (χ4v) is 3.13. The van der Waals surface area contributed by atoms with Crippen LogP contribution < -0.4 is 0 Å². The summed E-state index contributed by atoms with van der Waals surface area (Å²) in [5, 5.41) is 2.71. The van der Waals surface area contributed by atoms with Crippen molar-refractivity contribution in [2.24, 2.45) is 7.05 Å². The highest BCUT2D eigenvalue weighted by Crippen LogP contribution is 2.23. The molecule has 0 saturated carbocycles. The van der Waals surface area contributed by atoms with Crippen LogP contribution in [0.15, 0.2) is 48.5 Å². The Hall–Kier alpha value is -2.48. The molecule has 0 amide bonds. The van der Waals surface area contributed by atoms with Gasteiger partial charge in [-0.15, -0.1) is 0 Å². The third-order valence-corrected chi connectivity index (χ3v) is 4.93. The summed E-state index contributed by atoms with van der Waals surface area (Å²) in [6.45, 7) is 24.6. The summed E-state index contributed by atoms with van der Waals surface area (Å²) in [6, 6.07) is 16.9. The van der Waals surface area contributed by atoms with Crippen LogP contribution in [0.25, 0.3) is 21.8 Å². The number of nitrogens with one attached hydrogen (secondary N) is 1. The van der Waals surface area contributed by atoms with Crippen LogP contribution in [0.3, 0.4) is 0 Å². The van der Waals surface area contributed by atoms with Crippen LogP contribution in [0.4, 0.5) is 0 Å². The summed E-state index contributed by atoms with van der Waals surface area (Å²) in [6.07, 6.45) is 0. The zero-order chi connectivity index (χ0) is 24.6. The van der Waals surface area contributed by atoms with E-state index in [9.17, 15) is 0 Å². The molecule has 0 saturated heterocycles. The number of hydrogen-bond acceptors (Lipinski definition) is 0. The van der Waals surface area contributed by atoms with E-state index in [1.54, 1.807) is 0 Å². The van der Waals surface area contributed by atoms with E-state index in [2.05, 4.69) is 92.8 Å². The van der Waals surface area contributed by atoms with Crippen molar-refractivity contribution in [1.29, 1.82) is 0 Å². The number of nitrogens with zero attached hydrogens (tertiary/aromatic N) is 1. The second kappa shape index (κ2) is 17.2. The molecule has 0 atom stereocenters. The molecule has 2 heterocycles. The van der Waals surface area contributed by atoms with Gasteiger partial charge in [0.2, 0.25) is 0 Å². The number of aromatic nitrogens is 2. The maximum absolute atomic E-state index is 3.33. The lowest BCUT2D eigenvalue weighted by molar-refractivity contribution is 0.910. The minimum atomic E-state index is 1.24. The number of fused-ring (bicyclic) bond motifs is 2. The average molecular weight is 425 g/mol. The van der Waals surface area contributed by atoms with Crippen LogP contribution in [-0.2, 0) is 7.05 Å². The monoisotopic (exact) mass is 424 g/mol. The smallest absolute Gasteiger partial charge is 0.0482 e. The molecule has 0 unspecified atom stereocenters. The van der Waals surface area contributed by atoms with E-state index in [0.717, 1.165) is 0 Å². The van der Waals surface area contributed by atoms with Crippen molar-refractivity contribution in [3.05, 3.63) is 71.0 Å². The van der Waals surface area contributed by atoms with Gasteiger partial charge in [0.05, 0.1) is 0 Å². The molecule has 31 heavy (non-hydrogen) atoms. The number of rotatable bonds is 0. The Bertz CT molecular complexity index is 932. The molecule has 4 aromatic rings. The van der Waals surface area contributed by atoms with Crippen molar-refractivity contribution in [3.63, 3.8) is 0 Å². The Labute approximate surface area is 192 Å². The largest absolute Gasteiger partial charge is 0.358 e. The van der Waals surface area contributed by atoms with E-state index >= 15 is 0 Å². The Kier molecular flexibility index (Phi) is 17.1. The van der Waals surface area contributed by atoms with Gasteiger partial charge in [0.1, 0.15) is 0 Å². The SMILES string of the molecule is CC.CC.CC.CC.Cc1[nH]c2ccccc2c1C.Cc1c(C)n(C)c2ccccc12. The van der Waals surface area contributed by atoms with E-state index in [0.29, 0.717) is 0 Å². The molecule has 1 N–H and O–H groups in total. The molecule has 4 rings (SSSR count). The lowest BCUT2D eigenvalue weighted by atomic mass is 10.2. The molecule has 2 aromatic carbocycles. The van der Waals surface area contributed by atoms with Gasteiger partial charge in [-0.2, -0.15) is 0 Å². The summed E-state index contributed by atoms with van der Waals surface area (Å²) in [5.41, 5.74) is 7.95. The molecule has 0 aliphatic carbocycles. The normalized spacial score (nSPS) is 8.81. The Balaban J connectivity index is 0. The second-order valence-corrected chi connectivity index (χ2v) is 6.21. The fourth-order valence-electron chi connectivity index (χ4n) is 3.13. The maximum Gasteiger partial charge on any atom is 0.0482 e. The first kappa shape index (κ1) is 30.7. The highest BCUT2D eigenvalue weighted by molar-refractivity contribution is 5.85. The minimum absolute atomic E-state index is 1.24. The fraction of sp³-hybridized carbons (Fsp3) is 0.448. The van der Waals surface area contributed by atoms with Gasteiger partial charge in [-0.05, 0) is 51.0 Å². The summed E-state index contributed by atoms with van der Waals surface area (Å²) < 4.78 is 2.24. The van der Waals surface area contributed by atoms with Crippen molar-refractivity contribution in [2.45, 2.75) is 83.1 Å². The molecule has 0 aliphatic heterocycles. The highest BCUT2D eigenvalue weighted by atomic mass is 14.9. The molecule has 2 nitrogen and oxygen atoms in total. The zero-order valence-corrected chi connectivity index (χ0v) is 22.6. The first-order chi connectivity index (χ1) is 15.0. The van der Waals surface area contributed by atoms with Gasteiger partial charge in [-0.1, -0.05) is 91.8 Å².